The molecule has 4 aromatic rings. The molecule has 2 heterocycles. The third kappa shape index (κ3) is 5.28. The van der Waals surface area contributed by atoms with Crippen molar-refractivity contribution < 1.29 is 14.3 Å². The molecule has 0 saturated heterocycles. The Kier molecular flexibility index (Phi) is 6.49. The number of ether oxygens (including phenoxy) is 2. The molecule has 0 atom stereocenters. The fourth-order valence-corrected chi connectivity index (χ4v) is 3.54. The zero-order valence-corrected chi connectivity index (χ0v) is 20.3. The summed E-state index contributed by atoms with van der Waals surface area (Å²) in [5.74, 6) is 1.86. The molecule has 3 N–H and O–H groups in total. The summed E-state index contributed by atoms with van der Waals surface area (Å²) in [6.45, 7) is 6.10. The van der Waals surface area contributed by atoms with Gasteiger partial charge >= 0.3 is 6.03 Å². The number of benzene rings is 2. The lowest BCUT2D eigenvalue weighted by molar-refractivity contribution is 0.262. The van der Waals surface area contributed by atoms with Gasteiger partial charge in [0.15, 0.2) is 0 Å². The SMILES string of the molecule is COc1cc2nccc(Oc3ccc(NC(=O)Nc4cc(C(C)(C)C)n[nH]4)c(Cl)c3)c2cc1C#N. The fraction of sp³-hybridized carbons (Fsp3) is 0.200. The van der Waals surface area contributed by atoms with Crippen LogP contribution in [0.4, 0.5) is 16.3 Å². The number of urea groups is 1. The quantitative estimate of drug-likeness (QED) is 0.304. The lowest BCUT2D eigenvalue weighted by Gasteiger charge is -2.13. The van der Waals surface area contributed by atoms with E-state index in [0.29, 0.717) is 45.2 Å². The first-order valence-corrected chi connectivity index (χ1v) is 11.0. The summed E-state index contributed by atoms with van der Waals surface area (Å²) in [5, 5.41) is 22.8. The second-order valence-electron chi connectivity index (χ2n) is 8.73. The van der Waals surface area contributed by atoms with Crippen molar-refractivity contribution in [3.05, 3.63) is 64.9 Å². The highest BCUT2D eigenvalue weighted by Gasteiger charge is 2.18. The molecule has 0 aliphatic rings. The predicted octanol–water partition coefficient (Wildman–Crippen LogP) is 6.23. The first kappa shape index (κ1) is 23.9. The first-order chi connectivity index (χ1) is 16.7. The van der Waals surface area contributed by atoms with Crippen molar-refractivity contribution in [3.63, 3.8) is 0 Å². The van der Waals surface area contributed by atoms with E-state index in [0.717, 1.165) is 5.69 Å². The average molecular weight is 491 g/mol. The third-order valence-electron chi connectivity index (χ3n) is 5.15. The Balaban J connectivity index is 1.50. The summed E-state index contributed by atoms with van der Waals surface area (Å²) < 4.78 is 11.3. The summed E-state index contributed by atoms with van der Waals surface area (Å²) in [5.41, 5.74) is 2.08. The molecule has 0 aliphatic carbocycles. The molecular weight excluding hydrogens is 468 g/mol. The molecule has 2 aromatic carbocycles. The van der Waals surface area contributed by atoms with Crippen LogP contribution in [0.25, 0.3) is 10.9 Å². The van der Waals surface area contributed by atoms with E-state index >= 15 is 0 Å². The number of carbonyl (C=O) groups excluding carboxylic acids is 1. The molecule has 178 valence electrons. The summed E-state index contributed by atoms with van der Waals surface area (Å²) in [7, 11) is 1.50. The van der Waals surface area contributed by atoms with Crippen molar-refractivity contribution in [2.24, 2.45) is 0 Å². The van der Waals surface area contributed by atoms with Gasteiger partial charge in [-0.05, 0) is 24.3 Å². The molecule has 0 spiro atoms. The van der Waals surface area contributed by atoms with Crippen LogP contribution in [0.2, 0.25) is 5.02 Å². The second-order valence-corrected chi connectivity index (χ2v) is 9.14. The highest BCUT2D eigenvalue weighted by molar-refractivity contribution is 6.34. The number of anilines is 2. The maximum atomic E-state index is 12.4. The number of nitrogens with one attached hydrogen (secondary N) is 3. The number of pyridine rings is 1. The van der Waals surface area contributed by atoms with Crippen molar-refractivity contribution >= 4 is 40.0 Å². The van der Waals surface area contributed by atoms with Gasteiger partial charge in [-0.15, -0.1) is 0 Å². The van der Waals surface area contributed by atoms with Crippen LogP contribution in [0.1, 0.15) is 32.0 Å². The summed E-state index contributed by atoms with van der Waals surface area (Å²) >= 11 is 6.40. The van der Waals surface area contributed by atoms with Gasteiger partial charge in [-0.2, -0.15) is 10.4 Å². The van der Waals surface area contributed by atoms with Crippen LogP contribution < -0.4 is 20.1 Å². The second kappa shape index (κ2) is 9.52. The molecule has 0 saturated carbocycles. The van der Waals surface area contributed by atoms with Crippen LogP contribution in [0, 0.1) is 11.3 Å². The minimum Gasteiger partial charge on any atom is -0.495 e. The molecule has 0 bridgehead atoms. The Morgan fingerprint density at radius 1 is 1.11 bits per heavy atom. The number of amides is 2. The van der Waals surface area contributed by atoms with Gasteiger partial charge in [-0.25, -0.2) is 4.79 Å². The minimum absolute atomic E-state index is 0.144. The zero-order valence-electron chi connectivity index (χ0n) is 19.6. The molecular formula is C25H23ClN6O3. The maximum Gasteiger partial charge on any atom is 0.324 e. The number of carbonyl (C=O) groups is 1. The molecule has 10 heteroatoms. The minimum atomic E-state index is -0.470. The highest BCUT2D eigenvalue weighted by atomic mass is 35.5. The molecule has 0 radical (unpaired) electrons. The van der Waals surface area contributed by atoms with E-state index in [1.165, 1.54) is 7.11 Å². The number of H-pyrrole nitrogens is 1. The number of hydrogen-bond donors (Lipinski definition) is 3. The lowest BCUT2D eigenvalue weighted by Crippen LogP contribution is -2.19. The van der Waals surface area contributed by atoms with Gasteiger partial charge in [0, 0.05) is 35.2 Å². The van der Waals surface area contributed by atoms with Crippen molar-refractivity contribution in [1.29, 1.82) is 5.26 Å². The maximum absolute atomic E-state index is 12.4. The number of rotatable bonds is 5. The molecule has 0 fully saturated rings. The standard InChI is InChI=1S/C25H23ClN6O3/c1-25(2,3)22-12-23(32-31-22)30-24(33)29-18-6-5-15(10-17(18)26)35-20-7-8-28-19-11-21(34-4)14(13-27)9-16(19)20/h5-12H,1-4H3,(H3,29,30,31,32,33). The number of aromatic amines is 1. The van der Waals surface area contributed by atoms with Crippen LogP contribution in [-0.2, 0) is 5.41 Å². The number of nitrogens with zero attached hydrogens (tertiary/aromatic N) is 3. The molecule has 0 aliphatic heterocycles. The van der Waals surface area contributed by atoms with Gasteiger partial charge in [0.2, 0.25) is 0 Å². The number of nitriles is 1. The molecule has 4 rings (SSSR count). The van der Waals surface area contributed by atoms with Crippen LogP contribution in [0.3, 0.4) is 0 Å². The Bertz CT molecular complexity index is 1450. The molecule has 2 aromatic heterocycles. The average Bonchev–Trinajstić information content (AvgIpc) is 3.29. The fourth-order valence-electron chi connectivity index (χ4n) is 3.33. The zero-order chi connectivity index (χ0) is 25.2. The van der Waals surface area contributed by atoms with E-state index in [9.17, 15) is 10.1 Å². The van der Waals surface area contributed by atoms with Crippen molar-refractivity contribution in [1.82, 2.24) is 15.2 Å². The Labute approximate surface area is 207 Å². The van der Waals surface area contributed by atoms with Gasteiger partial charge in [-0.3, -0.25) is 15.4 Å². The van der Waals surface area contributed by atoms with E-state index in [4.69, 9.17) is 21.1 Å². The number of aromatic nitrogens is 3. The molecule has 35 heavy (non-hydrogen) atoms. The normalized spacial score (nSPS) is 11.1. The van der Waals surface area contributed by atoms with E-state index in [1.807, 2.05) is 20.8 Å². The van der Waals surface area contributed by atoms with Gasteiger partial charge in [0.25, 0.3) is 0 Å². The molecule has 0 unspecified atom stereocenters. The number of methoxy groups -OCH3 is 1. The third-order valence-corrected chi connectivity index (χ3v) is 5.47. The Hall–Kier alpha value is -4.29. The van der Waals surface area contributed by atoms with Gasteiger partial charge in [0.1, 0.15) is 29.1 Å². The number of hydrogen-bond acceptors (Lipinski definition) is 6. The number of fused-ring (bicyclic) bond motifs is 1. The van der Waals surface area contributed by atoms with E-state index in [-0.39, 0.29) is 10.4 Å². The van der Waals surface area contributed by atoms with Crippen molar-refractivity contribution in [2.45, 2.75) is 26.2 Å². The monoisotopic (exact) mass is 490 g/mol. The molecule has 2 amide bonds. The summed E-state index contributed by atoms with van der Waals surface area (Å²) in [4.78, 5) is 16.7. The summed E-state index contributed by atoms with van der Waals surface area (Å²) in [6.07, 6.45) is 1.60. The Morgan fingerprint density at radius 3 is 2.57 bits per heavy atom. The first-order valence-electron chi connectivity index (χ1n) is 10.7. The van der Waals surface area contributed by atoms with Gasteiger partial charge in [0.05, 0.1) is 34.6 Å². The smallest absolute Gasteiger partial charge is 0.324 e. The van der Waals surface area contributed by atoms with Crippen LogP contribution in [-0.4, -0.2) is 28.3 Å². The Morgan fingerprint density at radius 2 is 1.91 bits per heavy atom. The largest absolute Gasteiger partial charge is 0.495 e. The van der Waals surface area contributed by atoms with Crippen LogP contribution >= 0.6 is 11.6 Å². The van der Waals surface area contributed by atoms with E-state index < -0.39 is 6.03 Å². The summed E-state index contributed by atoms with van der Waals surface area (Å²) in [6, 6.07) is 13.4. The lowest BCUT2D eigenvalue weighted by atomic mass is 9.92. The van der Waals surface area contributed by atoms with E-state index in [2.05, 4.69) is 31.9 Å². The topological polar surface area (TPSA) is 125 Å². The number of halogens is 1. The van der Waals surface area contributed by atoms with Gasteiger partial charge in [-0.1, -0.05) is 32.4 Å². The predicted molar refractivity (Wildman–Crippen MR) is 134 cm³/mol. The van der Waals surface area contributed by atoms with E-state index in [1.54, 1.807) is 48.7 Å². The van der Waals surface area contributed by atoms with Crippen molar-refractivity contribution in [3.8, 4) is 23.3 Å². The van der Waals surface area contributed by atoms with Crippen LogP contribution in [0.15, 0.2) is 48.7 Å². The van der Waals surface area contributed by atoms with Crippen LogP contribution in [0.5, 0.6) is 17.2 Å². The highest BCUT2D eigenvalue weighted by Crippen LogP contribution is 2.35. The molecule has 9 nitrogen and oxygen atoms in total. The van der Waals surface area contributed by atoms with Crippen molar-refractivity contribution in [2.75, 3.05) is 17.7 Å². The van der Waals surface area contributed by atoms with Gasteiger partial charge < -0.3 is 14.8 Å².